The number of carbonyl (C=O) groups excluding carboxylic acids is 1. The second-order valence-electron chi connectivity index (χ2n) is 7.98. The minimum absolute atomic E-state index is 0.0898. The highest BCUT2D eigenvalue weighted by Gasteiger charge is 2.27. The minimum Gasteiger partial charge on any atom is -0.461 e. The third-order valence-corrected chi connectivity index (χ3v) is 5.68. The van der Waals surface area contributed by atoms with E-state index >= 15 is 0 Å². The van der Waals surface area contributed by atoms with Gasteiger partial charge in [-0.05, 0) is 61.0 Å². The summed E-state index contributed by atoms with van der Waals surface area (Å²) >= 11 is 5.88. The average molecular weight is 455 g/mol. The van der Waals surface area contributed by atoms with Gasteiger partial charge >= 0.3 is 6.09 Å². The fourth-order valence-electron chi connectivity index (χ4n) is 3.67. The third-order valence-electron chi connectivity index (χ3n) is 5.51. The number of halogens is 1. The number of anilines is 1. The van der Waals surface area contributed by atoms with Crippen LogP contribution < -0.4 is 11.1 Å². The van der Waals surface area contributed by atoms with Crippen LogP contribution in [0.25, 0.3) is 22.1 Å². The first kappa shape index (κ1) is 20.6. The number of nitrogens with zero attached hydrogens (tertiary/aromatic N) is 4. The van der Waals surface area contributed by atoms with Crippen molar-refractivity contribution < 1.29 is 13.9 Å². The fraction of sp³-hybridized carbons (Fsp3) is 0.364. The maximum absolute atomic E-state index is 12.0. The van der Waals surface area contributed by atoms with Gasteiger partial charge in [-0.15, -0.1) is 0 Å². The van der Waals surface area contributed by atoms with E-state index < -0.39 is 6.09 Å². The van der Waals surface area contributed by atoms with Gasteiger partial charge in [0.05, 0.1) is 12.9 Å². The van der Waals surface area contributed by atoms with Gasteiger partial charge in [-0.2, -0.15) is 9.97 Å². The first-order chi connectivity index (χ1) is 15.6. The molecule has 9 nitrogen and oxygen atoms in total. The lowest BCUT2D eigenvalue weighted by molar-refractivity contribution is 0.143. The Morgan fingerprint density at radius 1 is 1.28 bits per heavy atom. The summed E-state index contributed by atoms with van der Waals surface area (Å²) in [6.07, 6.45) is 5.11. The first-order valence-corrected chi connectivity index (χ1v) is 11.0. The number of nitrogen functional groups attached to an aromatic ring is 1. The van der Waals surface area contributed by atoms with Gasteiger partial charge < -0.3 is 24.8 Å². The second kappa shape index (κ2) is 8.66. The van der Waals surface area contributed by atoms with Gasteiger partial charge in [-0.25, -0.2) is 9.78 Å². The van der Waals surface area contributed by atoms with Crippen LogP contribution in [-0.2, 0) is 17.8 Å². The molecule has 1 fully saturated rings. The highest BCUT2D eigenvalue weighted by atomic mass is 35.5. The van der Waals surface area contributed by atoms with Crippen molar-refractivity contribution in [3.05, 3.63) is 47.2 Å². The fourth-order valence-corrected chi connectivity index (χ4v) is 3.84. The topological polar surface area (TPSA) is 121 Å². The summed E-state index contributed by atoms with van der Waals surface area (Å²) in [7, 11) is 0. The number of furan rings is 1. The maximum Gasteiger partial charge on any atom is 0.407 e. The van der Waals surface area contributed by atoms with Crippen LogP contribution in [0.1, 0.15) is 42.9 Å². The van der Waals surface area contributed by atoms with E-state index in [0.717, 1.165) is 28.7 Å². The molecule has 0 unspecified atom stereocenters. The lowest BCUT2D eigenvalue weighted by Crippen LogP contribution is -2.24. The Morgan fingerprint density at radius 2 is 2.16 bits per heavy atom. The van der Waals surface area contributed by atoms with Gasteiger partial charge in [-0.3, -0.25) is 0 Å². The van der Waals surface area contributed by atoms with Crippen molar-refractivity contribution in [1.82, 2.24) is 24.8 Å². The Balaban J connectivity index is 1.05. The molecule has 0 bridgehead atoms. The zero-order valence-corrected chi connectivity index (χ0v) is 18.1. The quantitative estimate of drug-likeness (QED) is 0.299. The van der Waals surface area contributed by atoms with Gasteiger partial charge in [0.25, 0.3) is 0 Å². The zero-order chi connectivity index (χ0) is 22.1. The summed E-state index contributed by atoms with van der Waals surface area (Å²) < 4.78 is 13.0. The summed E-state index contributed by atoms with van der Waals surface area (Å²) in [5.74, 6) is 1.90. The number of nitrogens with two attached hydrogens (primary N) is 1. The molecule has 32 heavy (non-hydrogen) atoms. The number of ether oxygens (including phenoxy) is 1. The number of amides is 1. The molecule has 5 rings (SSSR count). The Kier molecular flexibility index (Phi) is 5.57. The molecule has 3 aromatic heterocycles. The second-order valence-corrected chi connectivity index (χ2v) is 8.32. The molecule has 3 heterocycles. The molecule has 1 aromatic carbocycles. The monoisotopic (exact) mass is 454 g/mol. The van der Waals surface area contributed by atoms with E-state index in [-0.39, 0.29) is 11.1 Å². The zero-order valence-electron chi connectivity index (χ0n) is 17.4. The minimum atomic E-state index is -0.434. The third kappa shape index (κ3) is 4.47. The molecule has 166 valence electrons. The molecule has 0 atom stereocenters. The average Bonchev–Trinajstić information content (AvgIpc) is 3.41. The number of carbonyl (C=O) groups is 1. The van der Waals surface area contributed by atoms with Gasteiger partial charge in [0.2, 0.25) is 5.28 Å². The van der Waals surface area contributed by atoms with Crippen LogP contribution in [0.4, 0.5) is 10.6 Å². The summed E-state index contributed by atoms with van der Waals surface area (Å²) in [6.45, 7) is 1.38. The van der Waals surface area contributed by atoms with E-state index in [1.165, 1.54) is 12.8 Å². The standard InChI is InChI=1S/C22H23ClN6O3/c23-21-27-19(24)18-20(28-21)29(12-26-18)7-1-2-8-31-22(30)25-11-13-3-6-16-15(9-13)10-17(32-16)14-4-5-14/h3,6,9-10,12,14H,1-2,4-5,7-8,11H2,(H,25,30)(H2,24,27,28). The summed E-state index contributed by atoms with van der Waals surface area (Å²) in [5, 5.41) is 3.95. The molecule has 1 aliphatic rings. The maximum atomic E-state index is 12.0. The molecular formula is C22H23ClN6O3. The van der Waals surface area contributed by atoms with Crippen molar-refractivity contribution in [2.24, 2.45) is 0 Å². The number of aryl methyl sites for hydroxylation is 1. The number of benzene rings is 1. The van der Waals surface area contributed by atoms with Crippen LogP contribution in [0, 0.1) is 0 Å². The Hall–Kier alpha value is -3.33. The number of hydrogen-bond donors (Lipinski definition) is 2. The van der Waals surface area contributed by atoms with E-state index in [0.29, 0.717) is 43.2 Å². The Labute approximate surface area is 188 Å². The van der Waals surface area contributed by atoms with E-state index in [9.17, 15) is 4.79 Å². The van der Waals surface area contributed by atoms with Crippen molar-refractivity contribution in [3.63, 3.8) is 0 Å². The molecular weight excluding hydrogens is 432 g/mol. The number of nitrogens with one attached hydrogen (secondary N) is 1. The molecule has 4 aromatic rings. The number of fused-ring (bicyclic) bond motifs is 2. The van der Waals surface area contributed by atoms with Gasteiger partial charge in [-0.1, -0.05) is 6.07 Å². The number of unbranched alkanes of at least 4 members (excludes halogenated alkanes) is 1. The van der Waals surface area contributed by atoms with Crippen LogP contribution in [0.3, 0.4) is 0 Å². The van der Waals surface area contributed by atoms with Crippen molar-refractivity contribution in [3.8, 4) is 0 Å². The van der Waals surface area contributed by atoms with Gasteiger partial charge in [0, 0.05) is 24.4 Å². The Morgan fingerprint density at radius 3 is 3.00 bits per heavy atom. The molecule has 0 radical (unpaired) electrons. The molecule has 1 amide bonds. The number of imidazole rings is 1. The highest BCUT2D eigenvalue weighted by molar-refractivity contribution is 6.28. The van der Waals surface area contributed by atoms with Gasteiger partial charge in [0.15, 0.2) is 11.5 Å². The SMILES string of the molecule is Nc1nc(Cl)nc2c1ncn2CCCCOC(=O)NCc1ccc2oc(C3CC3)cc2c1. The molecule has 3 N–H and O–H groups in total. The van der Waals surface area contributed by atoms with Crippen LogP contribution in [0.15, 0.2) is 35.0 Å². The largest absolute Gasteiger partial charge is 0.461 e. The first-order valence-electron chi connectivity index (χ1n) is 10.6. The number of rotatable bonds is 8. The number of hydrogen-bond acceptors (Lipinski definition) is 7. The highest BCUT2D eigenvalue weighted by Crippen LogP contribution is 2.42. The molecule has 0 saturated heterocycles. The van der Waals surface area contributed by atoms with Crippen LogP contribution in [-0.4, -0.2) is 32.2 Å². The Bertz CT molecular complexity index is 1280. The summed E-state index contributed by atoms with van der Waals surface area (Å²) in [5.41, 5.74) is 8.83. The number of aromatic nitrogens is 4. The predicted octanol–water partition coefficient (Wildman–Crippen LogP) is 4.39. The predicted molar refractivity (Wildman–Crippen MR) is 120 cm³/mol. The smallest absolute Gasteiger partial charge is 0.407 e. The van der Waals surface area contributed by atoms with Crippen molar-refractivity contribution >= 4 is 45.6 Å². The van der Waals surface area contributed by atoms with E-state index in [4.69, 9.17) is 26.5 Å². The van der Waals surface area contributed by atoms with Crippen LogP contribution in [0.2, 0.25) is 5.28 Å². The lowest BCUT2D eigenvalue weighted by Gasteiger charge is -2.08. The van der Waals surface area contributed by atoms with Crippen molar-refractivity contribution in [2.45, 2.75) is 44.7 Å². The van der Waals surface area contributed by atoms with Crippen molar-refractivity contribution in [2.75, 3.05) is 12.3 Å². The van der Waals surface area contributed by atoms with Crippen LogP contribution >= 0.6 is 11.6 Å². The van der Waals surface area contributed by atoms with E-state index in [2.05, 4.69) is 26.3 Å². The molecule has 0 aliphatic heterocycles. The van der Waals surface area contributed by atoms with E-state index in [1.54, 1.807) is 6.33 Å². The van der Waals surface area contributed by atoms with E-state index in [1.807, 2.05) is 22.8 Å². The summed E-state index contributed by atoms with van der Waals surface area (Å²) in [4.78, 5) is 24.3. The molecule has 1 saturated carbocycles. The van der Waals surface area contributed by atoms with Gasteiger partial charge in [0.1, 0.15) is 16.9 Å². The van der Waals surface area contributed by atoms with Crippen LogP contribution in [0.5, 0.6) is 0 Å². The molecule has 10 heteroatoms. The molecule has 0 spiro atoms. The lowest BCUT2D eigenvalue weighted by atomic mass is 10.1. The van der Waals surface area contributed by atoms with Crippen molar-refractivity contribution in [1.29, 1.82) is 0 Å². The normalized spacial score (nSPS) is 13.7. The summed E-state index contributed by atoms with van der Waals surface area (Å²) in [6, 6.07) is 8.06. The number of alkyl carbamates (subject to hydrolysis) is 1. The molecule has 1 aliphatic carbocycles.